The van der Waals surface area contributed by atoms with Crippen LogP contribution in [0.3, 0.4) is 0 Å². The van der Waals surface area contributed by atoms with Gasteiger partial charge in [0.25, 0.3) is 0 Å². The third-order valence-electron chi connectivity index (χ3n) is 3.48. The Kier molecular flexibility index (Phi) is 4.66. The molecule has 0 aliphatic heterocycles. The molecule has 2 rings (SSSR count). The van der Waals surface area contributed by atoms with Gasteiger partial charge in [-0.15, -0.1) is 0 Å². The number of nitriles is 1. The molecule has 2 aromatic carbocycles. The SMILES string of the molecule is CC(NC(C)c1ccc(F)c(F)c1)c1ccc(C#N)cc1. The largest absolute Gasteiger partial charge is 0.304 e. The fourth-order valence-corrected chi connectivity index (χ4v) is 2.20. The van der Waals surface area contributed by atoms with Crippen LogP contribution in [0.25, 0.3) is 0 Å². The summed E-state index contributed by atoms with van der Waals surface area (Å²) >= 11 is 0. The minimum absolute atomic E-state index is 0.0286. The predicted molar refractivity (Wildman–Crippen MR) is 77.5 cm³/mol. The molecule has 0 spiro atoms. The summed E-state index contributed by atoms with van der Waals surface area (Å²) < 4.78 is 26.2. The summed E-state index contributed by atoms with van der Waals surface area (Å²) in [5, 5.41) is 12.1. The van der Waals surface area contributed by atoms with Crippen molar-refractivity contribution >= 4 is 0 Å². The molecule has 2 nitrogen and oxygen atoms in total. The molecule has 108 valence electrons. The van der Waals surface area contributed by atoms with E-state index >= 15 is 0 Å². The van der Waals surface area contributed by atoms with E-state index in [-0.39, 0.29) is 12.1 Å². The van der Waals surface area contributed by atoms with Crippen LogP contribution < -0.4 is 5.32 Å². The van der Waals surface area contributed by atoms with Crippen LogP contribution >= 0.6 is 0 Å². The van der Waals surface area contributed by atoms with E-state index in [9.17, 15) is 8.78 Å². The normalized spacial score (nSPS) is 13.5. The zero-order chi connectivity index (χ0) is 15.4. The van der Waals surface area contributed by atoms with Gasteiger partial charge in [0.05, 0.1) is 11.6 Å². The quantitative estimate of drug-likeness (QED) is 0.912. The van der Waals surface area contributed by atoms with Crippen molar-refractivity contribution in [3.8, 4) is 6.07 Å². The fraction of sp³-hybridized carbons (Fsp3) is 0.235. The molecule has 0 bridgehead atoms. The zero-order valence-electron chi connectivity index (χ0n) is 11.9. The Morgan fingerprint density at radius 3 is 2.05 bits per heavy atom. The molecule has 0 fully saturated rings. The van der Waals surface area contributed by atoms with Crippen molar-refractivity contribution in [2.24, 2.45) is 0 Å². The van der Waals surface area contributed by atoms with Crippen LogP contribution in [0.15, 0.2) is 42.5 Å². The standard InChI is InChI=1S/C17H16F2N2/c1-11(14-5-3-13(10-20)4-6-14)21-12(2)15-7-8-16(18)17(19)9-15/h3-9,11-12,21H,1-2H3. The Bertz CT molecular complexity index is 659. The van der Waals surface area contributed by atoms with Crippen molar-refractivity contribution in [1.29, 1.82) is 5.26 Å². The van der Waals surface area contributed by atoms with Crippen molar-refractivity contribution in [1.82, 2.24) is 5.32 Å². The molecule has 2 unspecified atom stereocenters. The Labute approximate surface area is 123 Å². The highest BCUT2D eigenvalue weighted by molar-refractivity contribution is 5.33. The first kappa shape index (κ1) is 15.1. The van der Waals surface area contributed by atoms with Gasteiger partial charge >= 0.3 is 0 Å². The molecule has 2 aromatic rings. The monoisotopic (exact) mass is 286 g/mol. The zero-order valence-corrected chi connectivity index (χ0v) is 11.9. The topological polar surface area (TPSA) is 35.8 Å². The Morgan fingerprint density at radius 1 is 0.905 bits per heavy atom. The van der Waals surface area contributed by atoms with Gasteiger partial charge in [0.15, 0.2) is 11.6 Å². The van der Waals surface area contributed by atoms with Crippen molar-refractivity contribution in [3.05, 3.63) is 70.8 Å². The molecule has 0 aliphatic carbocycles. The van der Waals surface area contributed by atoms with Crippen molar-refractivity contribution in [3.63, 3.8) is 0 Å². The van der Waals surface area contributed by atoms with Gasteiger partial charge in [0, 0.05) is 12.1 Å². The lowest BCUT2D eigenvalue weighted by Crippen LogP contribution is -2.22. The Hall–Kier alpha value is -2.25. The molecule has 0 heterocycles. The Balaban J connectivity index is 2.08. The smallest absolute Gasteiger partial charge is 0.159 e. The molecule has 4 heteroatoms. The van der Waals surface area contributed by atoms with E-state index in [1.54, 1.807) is 18.2 Å². The second-order valence-corrected chi connectivity index (χ2v) is 5.02. The third kappa shape index (κ3) is 3.65. The van der Waals surface area contributed by atoms with Crippen molar-refractivity contribution < 1.29 is 8.78 Å². The van der Waals surface area contributed by atoms with Gasteiger partial charge in [-0.1, -0.05) is 18.2 Å². The van der Waals surface area contributed by atoms with Crippen LogP contribution in [-0.4, -0.2) is 0 Å². The number of nitrogens with one attached hydrogen (secondary N) is 1. The number of rotatable bonds is 4. The van der Waals surface area contributed by atoms with E-state index in [0.717, 1.165) is 11.6 Å². The van der Waals surface area contributed by atoms with Gasteiger partial charge in [-0.25, -0.2) is 8.78 Å². The predicted octanol–water partition coefficient (Wildman–Crippen LogP) is 4.25. The van der Waals surface area contributed by atoms with Gasteiger partial charge in [-0.2, -0.15) is 5.26 Å². The highest BCUT2D eigenvalue weighted by Gasteiger charge is 2.13. The first-order valence-electron chi connectivity index (χ1n) is 6.72. The van der Waals surface area contributed by atoms with Gasteiger partial charge in [-0.3, -0.25) is 0 Å². The van der Waals surface area contributed by atoms with Crippen LogP contribution in [0.5, 0.6) is 0 Å². The maximum atomic E-state index is 13.2. The van der Waals surface area contributed by atoms with E-state index in [1.807, 2.05) is 26.0 Å². The summed E-state index contributed by atoms with van der Waals surface area (Å²) in [6, 6.07) is 13.2. The highest BCUT2D eigenvalue weighted by atomic mass is 19.2. The van der Waals surface area contributed by atoms with Gasteiger partial charge in [-0.05, 0) is 49.2 Å². The summed E-state index contributed by atoms with van der Waals surface area (Å²) in [7, 11) is 0. The number of hydrogen-bond donors (Lipinski definition) is 1. The molecule has 1 N–H and O–H groups in total. The molecule has 0 aromatic heterocycles. The maximum Gasteiger partial charge on any atom is 0.159 e. The molecule has 0 radical (unpaired) electrons. The summed E-state index contributed by atoms with van der Waals surface area (Å²) in [4.78, 5) is 0. The minimum atomic E-state index is -0.842. The molecular weight excluding hydrogens is 270 g/mol. The highest BCUT2D eigenvalue weighted by Crippen LogP contribution is 2.21. The van der Waals surface area contributed by atoms with Crippen LogP contribution in [0.4, 0.5) is 8.78 Å². The van der Waals surface area contributed by atoms with Gasteiger partial charge < -0.3 is 5.32 Å². The molecule has 0 saturated heterocycles. The average molecular weight is 286 g/mol. The fourth-order valence-electron chi connectivity index (χ4n) is 2.20. The first-order valence-corrected chi connectivity index (χ1v) is 6.72. The summed E-state index contributed by atoms with van der Waals surface area (Å²) in [5.74, 6) is -1.68. The van der Waals surface area contributed by atoms with E-state index in [2.05, 4.69) is 11.4 Å². The van der Waals surface area contributed by atoms with Crippen molar-refractivity contribution in [2.45, 2.75) is 25.9 Å². The van der Waals surface area contributed by atoms with E-state index in [1.165, 1.54) is 6.07 Å². The lowest BCUT2D eigenvalue weighted by molar-refractivity contribution is 0.480. The molecule has 2 atom stereocenters. The Morgan fingerprint density at radius 2 is 1.48 bits per heavy atom. The molecule has 0 saturated carbocycles. The van der Waals surface area contributed by atoms with Crippen molar-refractivity contribution in [2.75, 3.05) is 0 Å². The third-order valence-corrected chi connectivity index (χ3v) is 3.48. The first-order chi connectivity index (χ1) is 10.0. The molecular formula is C17H16F2N2. The summed E-state index contributed by atoms with van der Waals surface area (Å²) in [5.41, 5.74) is 2.33. The lowest BCUT2D eigenvalue weighted by atomic mass is 10.0. The molecule has 0 aliphatic rings. The number of nitrogens with zero attached hydrogens (tertiary/aromatic N) is 1. The number of halogens is 2. The second-order valence-electron chi connectivity index (χ2n) is 5.02. The summed E-state index contributed by atoms with van der Waals surface area (Å²) in [6.45, 7) is 3.88. The van der Waals surface area contributed by atoms with Crippen LogP contribution in [0.1, 0.15) is 42.6 Å². The second kappa shape index (κ2) is 6.47. The average Bonchev–Trinajstić information content (AvgIpc) is 2.50. The van der Waals surface area contributed by atoms with Crippen LogP contribution in [0, 0.1) is 23.0 Å². The summed E-state index contributed by atoms with van der Waals surface area (Å²) in [6.07, 6.45) is 0. The van der Waals surface area contributed by atoms with Crippen LogP contribution in [-0.2, 0) is 0 Å². The van der Waals surface area contributed by atoms with Crippen LogP contribution in [0.2, 0.25) is 0 Å². The minimum Gasteiger partial charge on any atom is -0.304 e. The molecule has 21 heavy (non-hydrogen) atoms. The number of hydrogen-bond acceptors (Lipinski definition) is 2. The molecule has 0 amide bonds. The van der Waals surface area contributed by atoms with E-state index in [0.29, 0.717) is 11.1 Å². The maximum absolute atomic E-state index is 13.2. The van der Waals surface area contributed by atoms with E-state index in [4.69, 9.17) is 5.26 Å². The van der Waals surface area contributed by atoms with Gasteiger partial charge in [0.2, 0.25) is 0 Å². The van der Waals surface area contributed by atoms with E-state index < -0.39 is 11.6 Å². The number of benzene rings is 2. The van der Waals surface area contributed by atoms with Gasteiger partial charge in [0.1, 0.15) is 0 Å². The lowest BCUT2D eigenvalue weighted by Gasteiger charge is -2.21.